The van der Waals surface area contributed by atoms with Gasteiger partial charge in [-0.3, -0.25) is 19.8 Å². The highest BCUT2D eigenvalue weighted by molar-refractivity contribution is 14.1. The Morgan fingerprint density at radius 3 is 2.61 bits per heavy atom. The van der Waals surface area contributed by atoms with Crippen molar-refractivity contribution in [2.24, 2.45) is 0 Å². The Bertz CT molecular complexity index is 1040. The van der Waals surface area contributed by atoms with Gasteiger partial charge in [-0.15, -0.1) is 6.42 Å². The molecule has 0 aliphatic carbocycles. The van der Waals surface area contributed by atoms with Gasteiger partial charge >= 0.3 is 0 Å². The number of amides is 2. The standard InChI is InChI=1S/C20H12FIN2O3S/c1-2-9-27-17-8-3-12(11-16(17)22)10-15-18(25)23-20(28)24(19(15)26)14-6-4-13(21)5-7-14/h1,3-8,10-11H,9H2,(H,23,25,28)/b15-10-. The molecule has 3 rings (SSSR count). The van der Waals surface area contributed by atoms with Crippen LogP contribution in [-0.2, 0) is 9.59 Å². The second-order valence-electron chi connectivity index (χ2n) is 5.62. The van der Waals surface area contributed by atoms with E-state index in [2.05, 4.69) is 33.8 Å². The Labute approximate surface area is 179 Å². The van der Waals surface area contributed by atoms with Gasteiger partial charge in [-0.25, -0.2) is 4.39 Å². The molecule has 5 nitrogen and oxygen atoms in total. The number of hydrogen-bond donors (Lipinski definition) is 1. The van der Waals surface area contributed by atoms with E-state index in [0.29, 0.717) is 17.0 Å². The molecule has 2 aromatic rings. The van der Waals surface area contributed by atoms with Gasteiger partial charge in [0, 0.05) is 0 Å². The van der Waals surface area contributed by atoms with Crippen LogP contribution in [0.3, 0.4) is 0 Å². The zero-order valence-corrected chi connectivity index (χ0v) is 17.2. The van der Waals surface area contributed by atoms with Crippen molar-refractivity contribution in [1.82, 2.24) is 5.32 Å². The number of carbonyl (C=O) groups excluding carboxylic acids is 2. The number of hydrogen-bond acceptors (Lipinski definition) is 4. The molecule has 8 heteroatoms. The number of rotatable bonds is 4. The molecule has 28 heavy (non-hydrogen) atoms. The number of ether oxygens (including phenoxy) is 1. The summed E-state index contributed by atoms with van der Waals surface area (Å²) in [6.07, 6.45) is 6.65. The zero-order chi connectivity index (χ0) is 20.3. The zero-order valence-electron chi connectivity index (χ0n) is 14.2. The molecule has 1 aliphatic heterocycles. The molecule has 0 unspecified atom stereocenters. The second-order valence-corrected chi connectivity index (χ2v) is 7.17. The number of anilines is 1. The van der Waals surface area contributed by atoms with E-state index in [4.69, 9.17) is 23.4 Å². The number of halogens is 2. The summed E-state index contributed by atoms with van der Waals surface area (Å²) in [5.74, 6) is 1.35. The molecule has 0 radical (unpaired) electrons. The van der Waals surface area contributed by atoms with Gasteiger partial charge in [-0.1, -0.05) is 12.0 Å². The van der Waals surface area contributed by atoms with E-state index in [0.717, 1.165) is 8.47 Å². The van der Waals surface area contributed by atoms with Crippen LogP contribution in [-0.4, -0.2) is 23.5 Å². The number of nitrogens with one attached hydrogen (secondary N) is 1. The van der Waals surface area contributed by atoms with Crippen LogP contribution in [0, 0.1) is 21.7 Å². The Balaban J connectivity index is 1.94. The molecule has 1 aliphatic rings. The predicted molar refractivity (Wildman–Crippen MR) is 116 cm³/mol. The largest absolute Gasteiger partial charge is 0.480 e. The van der Waals surface area contributed by atoms with Crippen LogP contribution in [0.4, 0.5) is 10.1 Å². The van der Waals surface area contributed by atoms with Gasteiger partial charge in [-0.2, -0.15) is 0 Å². The van der Waals surface area contributed by atoms with Crippen LogP contribution in [0.1, 0.15) is 5.56 Å². The molecule has 1 saturated heterocycles. The molecule has 140 valence electrons. The molecular formula is C20H12FIN2O3S. The van der Waals surface area contributed by atoms with Gasteiger partial charge in [0.25, 0.3) is 11.8 Å². The lowest BCUT2D eigenvalue weighted by Crippen LogP contribution is -2.54. The number of terminal acetylenes is 1. The Morgan fingerprint density at radius 2 is 1.96 bits per heavy atom. The number of benzene rings is 2. The first-order valence-electron chi connectivity index (χ1n) is 7.93. The van der Waals surface area contributed by atoms with Crippen LogP contribution in [0.5, 0.6) is 5.75 Å². The summed E-state index contributed by atoms with van der Waals surface area (Å²) in [5, 5.41) is 2.42. The first-order valence-corrected chi connectivity index (χ1v) is 9.42. The van der Waals surface area contributed by atoms with Crippen molar-refractivity contribution in [3.05, 3.63) is 63.0 Å². The molecule has 1 N–H and O–H groups in total. The van der Waals surface area contributed by atoms with E-state index >= 15 is 0 Å². The first kappa shape index (κ1) is 20.0. The van der Waals surface area contributed by atoms with E-state index < -0.39 is 17.6 Å². The van der Waals surface area contributed by atoms with E-state index in [1.54, 1.807) is 18.2 Å². The number of carbonyl (C=O) groups is 2. The van der Waals surface area contributed by atoms with E-state index in [1.165, 1.54) is 30.3 Å². The van der Waals surface area contributed by atoms with Crippen molar-refractivity contribution < 1.29 is 18.7 Å². The smallest absolute Gasteiger partial charge is 0.270 e. The Morgan fingerprint density at radius 1 is 1.25 bits per heavy atom. The van der Waals surface area contributed by atoms with Gasteiger partial charge < -0.3 is 4.74 Å². The SMILES string of the molecule is C#CCOc1ccc(/C=C2/C(=O)NC(=S)N(c3ccc(F)cc3)C2=O)cc1I. The fourth-order valence-electron chi connectivity index (χ4n) is 2.49. The summed E-state index contributed by atoms with van der Waals surface area (Å²) in [5.41, 5.74) is 0.892. The maximum absolute atomic E-state index is 13.2. The van der Waals surface area contributed by atoms with Gasteiger partial charge in [0.1, 0.15) is 23.7 Å². The fourth-order valence-corrected chi connectivity index (χ4v) is 3.47. The van der Waals surface area contributed by atoms with Gasteiger partial charge in [0.15, 0.2) is 5.11 Å². The summed E-state index contributed by atoms with van der Waals surface area (Å²) in [6.45, 7) is 0.140. The highest BCUT2D eigenvalue weighted by Gasteiger charge is 2.34. The highest BCUT2D eigenvalue weighted by atomic mass is 127. The van der Waals surface area contributed by atoms with Gasteiger partial charge in [0.2, 0.25) is 0 Å². The quantitative estimate of drug-likeness (QED) is 0.228. The average Bonchev–Trinajstić information content (AvgIpc) is 2.66. The van der Waals surface area contributed by atoms with E-state index in [-0.39, 0.29) is 17.3 Å². The summed E-state index contributed by atoms with van der Waals surface area (Å²) >= 11 is 7.19. The Hall–Kier alpha value is -2.77. The van der Waals surface area contributed by atoms with Crippen LogP contribution in [0.15, 0.2) is 48.0 Å². The van der Waals surface area contributed by atoms with Crippen LogP contribution >= 0.6 is 34.8 Å². The molecular weight excluding hydrogens is 494 g/mol. The second kappa shape index (κ2) is 8.50. The molecule has 1 heterocycles. The van der Waals surface area contributed by atoms with Crippen molar-refractivity contribution >= 4 is 63.5 Å². The van der Waals surface area contributed by atoms with Crippen molar-refractivity contribution in [3.8, 4) is 18.1 Å². The van der Waals surface area contributed by atoms with Crippen LogP contribution in [0.25, 0.3) is 6.08 Å². The summed E-state index contributed by atoms with van der Waals surface area (Å²) in [7, 11) is 0. The maximum atomic E-state index is 13.2. The lowest BCUT2D eigenvalue weighted by atomic mass is 10.1. The average molecular weight is 506 g/mol. The van der Waals surface area contributed by atoms with Crippen LogP contribution in [0.2, 0.25) is 0 Å². The molecule has 0 atom stereocenters. The monoisotopic (exact) mass is 506 g/mol. The topological polar surface area (TPSA) is 58.6 Å². The van der Waals surface area contributed by atoms with Gasteiger partial charge in [0.05, 0.1) is 9.26 Å². The van der Waals surface area contributed by atoms with Crippen molar-refractivity contribution in [2.75, 3.05) is 11.5 Å². The molecule has 1 fully saturated rings. The lowest BCUT2D eigenvalue weighted by molar-refractivity contribution is -0.122. The third-order valence-corrected chi connectivity index (χ3v) is 4.89. The number of thiocarbonyl (C=S) groups is 1. The molecule has 2 aromatic carbocycles. The Kier molecular flexibility index (Phi) is 6.06. The molecule has 0 saturated carbocycles. The minimum Gasteiger partial charge on any atom is -0.480 e. The highest BCUT2D eigenvalue weighted by Crippen LogP contribution is 2.25. The molecule has 2 amide bonds. The van der Waals surface area contributed by atoms with E-state index in [1.807, 2.05) is 0 Å². The minimum atomic E-state index is -0.601. The molecule has 0 spiro atoms. The first-order chi connectivity index (χ1) is 13.4. The lowest BCUT2D eigenvalue weighted by Gasteiger charge is -2.28. The fraction of sp³-hybridized carbons (Fsp3) is 0.0500. The van der Waals surface area contributed by atoms with Crippen LogP contribution < -0.4 is 15.0 Å². The third-order valence-electron chi connectivity index (χ3n) is 3.76. The van der Waals surface area contributed by atoms with Crippen molar-refractivity contribution in [1.29, 1.82) is 0 Å². The third kappa shape index (κ3) is 4.21. The van der Waals surface area contributed by atoms with E-state index in [9.17, 15) is 14.0 Å². The molecule has 0 bridgehead atoms. The maximum Gasteiger partial charge on any atom is 0.270 e. The van der Waals surface area contributed by atoms with Gasteiger partial charge in [-0.05, 0) is 82.8 Å². The van der Waals surface area contributed by atoms with Crippen molar-refractivity contribution in [3.63, 3.8) is 0 Å². The predicted octanol–water partition coefficient (Wildman–Crippen LogP) is 3.27. The minimum absolute atomic E-state index is 0.0635. The summed E-state index contributed by atoms with van der Waals surface area (Å²) in [4.78, 5) is 26.4. The molecule has 0 aromatic heterocycles. The van der Waals surface area contributed by atoms with Crippen molar-refractivity contribution in [2.45, 2.75) is 0 Å². The summed E-state index contributed by atoms with van der Waals surface area (Å²) in [6, 6.07) is 10.4. The summed E-state index contributed by atoms with van der Waals surface area (Å²) < 4.78 is 19.4. The normalized spacial score (nSPS) is 15.4. The number of nitrogens with zero attached hydrogens (tertiary/aromatic N) is 1.